The highest BCUT2D eigenvalue weighted by molar-refractivity contribution is 5.66. The van der Waals surface area contributed by atoms with Gasteiger partial charge in [-0.1, -0.05) is 82.2 Å². The first-order valence-corrected chi connectivity index (χ1v) is 10.1. The zero-order valence-electron chi connectivity index (χ0n) is 15.2. The Labute approximate surface area is 147 Å². The van der Waals surface area contributed by atoms with E-state index in [9.17, 15) is 0 Å². The fraction of sp³-hybridized carbons (Fsp3) is 0.565. The third-order valence-electron chi connectivity index (χ3n) is 5.43. The molecule has 2 aromatic rings. The SMILES string of the molecule is CCCCCCCc1oc(C2CCCCC2)cc1-c1ccccc1. The molecule has 1 fully saturated rings. The van der Waals surface area contributed by atoms with Crippen LogP contribution in [0.1, 0.15) is 88.6 Å². The summed E-state index contributed by atoms with van der Waals surface area (Å²) >= 11 is 0. The number of benzene rings is 1. The summed E-state index contributed by atoms with van der Waals surface area (Å²) in [5, 5.41) is 0. The Morgan fingerprint density at radius 1 is 0.917 bits per heavy atom. The molecule has 1 heterocycles. The second kappa shape index (κ2) is 9.11. The van der Waals surface area contributed by atoms with Gasteiger partial charge in [0, 0.05) is 17.9 Å². The zero-order valence-corrected chi connectivity index (χ0v) is 15.2. The van der Waals surface area contributed by atoms with Gasteiger partial charge in [-0.25, -0.2) is 0 Å². The Hall–Kier alpha value is -1.50. The van der Waals surface area contributed by atoms with Crippen LogP contribution < -0.4 is 0 Å². The van der Waals surface area contributed by atoms with Gasteiger partial charge >= 0.3 is 0 Å². The monoisotopic (exact) mass is 324 g/mol. The summed E-state index contributed by atoms with van der Waals surface area (Å²) in [7, 11) is 0. The second-order valence-electron chi connectivity index (χ2n) is 7.35. The van der Waals surface area contributed by atoms with Crippen LogP contribution in [0.3, 0.4) is 0 Å². The van der Waals surface area contributed by atoms with Gasteiger partial charge in [0.2, 0.25) is 0 Å². The van der Waals surface area contributed by atoms with Crippen molar-refractivity contribution in [1.82, 2.24) is 0 Å². The Bertz CT molecular complexity index is 590. The first-order valence-electron chi connectivity index (χ1n) is 10.1. The largest absolute Gasteiger partial charge is 0.465 e. The molecule has 1 nitrogen and oxygen atoms in total. The van der Waals surface area contributed by atoms with E-state index in [1.807, 2.05) is 0 Å². The molecule has 0 saturated heterocycles. The molecule has 0 atom stereocenters. The maximum Gasteiger partial charge on any atom is 0.112 e. The summed E-state index contributed by atoms with van der Waals surface area (Å²) in [5.41, 5.74) is 2.65. The number of hydrogen-bond donors (Lipinski definition) is 0. The summed E-state index contributed by atoms with van der Waals surface area (Å²) in [6.07, 6.45) is 14.4. The molecule has 130 valence electrons. The van der Waals surface area contributed by atoms with Crippen molar-refractivity contribution in [3.05, 3.63) is 47.9 Å². The molecule has 1 aromatic carbocycles. The second-order valence-corrected chi connectivity index (χ2v) is 7.35. The van der Waals surface area contributed by atoms with E-state index in [1.165, 1.54) is 86.9 Å². The number of rotatable bonds is 8. The summed E-state index contributed by atoms with van der Waals surface area (Å²) in [5.74, 6) is 3.12. The molecule has 1 heteroatoms. The van der Waals surface area contributed by atoms with E-state index in [0.717, 1.165) is 6.42 Å². The molecule has 0 N–H and O–H groups in total. The molecular weight excluding hydrogens is 292 g/mol. The van der Waals surface area contributed by atoms with Crippen LogP contribution in [-0.2, 0) is 6.42 Å². The van der Waals surface area contributed by atoms with Crippen LogP contribution in [0, 0.1) is 0 Å². The first kappa shape index (κ1) is 17.3. The van der Waals surface area contributed by atoms with Crippen LogP contribution in [-0.4, -0.2) is 0 Å². The minimum atomic E-state index is 0.648. The van der Waals surface area contributed by atoms with Gasteiger partial charge in [-0.05, 0) is 30.9 Å². The zero-order chi connectivity index (χ0) is 16.6. The highest BCUT2D eigenvalue weighted by Crippen LogP contribution is 2.38. The molecule has 0 aliphatic heterocycles. The van der Waals surface area contributed by atoms with Gasteiger partial charge in [0.15, 0.2) is 0 Å². The highest BCUT2D eigenvalue weighted by atomic mass is 16.3. The molecule has 1 aliphatic carbocycles. The van der Waals surface area contributed by atoms with Crippen molar-refractivity contribution in [3.63, 3.8) is 0 Å². The van der Waals surface area contributed by atoms with Crippen LogP contribution >= 0.6 is 0 Å². The van der Waals surface area contributed by atoms with Crippen molar-refractivity contribution in [2.24, 2.45) is 0 Å². The summed E-state index contributed by atoms with van der Waals surface area (Å²) < 4.78 is 6.42. The van der Waals surface area contributed by atoms with Crippen molar-refractivity contribution in [2.75, 3.05) is 0 Å². The minimum absolute atomic E-state index is 0.648. The van der Waals surface area contributed by atoms with Gasteiger partial charge in [0.1, 0.15) is 11.5 Å². The standard InChI is InChI=1S/C23H32O/c1-2-3-4-5-12-17-22-21(19-13-8-6-9-14-19)18-23(24-22)20-15-10-7-11-16-20/h6,8-9,13-14,18,20H,2-5,7,10-12,15-17H2,1H3. The van der Waals surface area contributed by atoms with Crippen molar-refractivity contribution in [3.8, 4) is 11.1 Å². The molecule has 3 rings (SSSR count). The summed E-state index contributed by atoms with van der Waals surface area (Å²) in [6.45, 7) is 2.27. The maximum absolute atomic E-state index is 6.42. The molecule has 0 spiro atoms. The molecule has 1 aromatic heterocycles. The molecule has 24 heavy (non-hydrogen) atoms. The van der Waals surface area contributed by atoms with Crippen LogP contribution in [0.4, 0.5) is 0 Å². The maximum atomic E-state index is 6.42. The fourth-order valence-electron chi connectivity index (χ4n) is 3.97. The Balaban J connectivity index is 1.75. The van der Waals surface area contributed by atoms with E-state index >= 15 is 0 Å². The lowest BCUT2D eigenvalue weighted by molar-refractivity contribution is 0.360. The third-order valence-corrected chi connectivity index (χ3v) is 5.43. The molecular formula is C23H32O. The minimum Gasteiger partial charge on any atom is -0.465 e. The van der Waals surface area contributed by atoms with Crippen molar-refractivity contribution < 1.29 is 4.42 Å². The lowest BCUT2D eigenvalue weighted by Crippen LogP contribution is -2.03. The number of aryl methyl sites for hydroxylation is 1. The van der Waals surface area contributed by atoms with E-state index in [4.69, 9.17) is 4.42 Å². The lowest BCUT2D eigenvalue weighted by Gasteiger charge is -2.19. The van der Waals surface area contributed by atoms with Crippen LogP contribution in [0.5, 0.6) is 0 Å². The normalized spacial score (nSPS) is 15.7. The van der Waals surface area contributed by atoms with Gasteiger partial charge in [-0.3, -0.25) is 0 Å². The first-order chi connectivity index (χ1) is 11.9. The molecule has 1 saturated carbocycles. The fourth-order valence-corrected chi connectivity index (χ4v) is 3.97. The van der Waals surface area contributed by atoms with Gasteiger partial charge < -0.3 is 4.42 Å². The van der Waals surface area contributed by atoms with Crippen molar-refractivity contribution in [2.45, 2.75) is 83.5 Å². The van der Waals surface area contributed by atoms with Crippen LogP contribution in [0.25, 0.3) is 11.1 Å². The van der Waals surface area contributed by atoms with E-state index in [1.54, 1.807) is 0 Å². The van der Waals surface area contributed by atoms with Crippen molar-refractivity contribution >= 4 is 0 Å². The third kappa shape index (κ3) is 4.53. The summed E-state index contributed by atoms with van der Waals surface area (Å²) in [4.78, 5) is 0. The Kier molecular flexibility index (Phi) is 6.57. The molecule has 0 amide bonds. The molecule has 0 radical (unpaired) electrons. The Morgan fingerprint density at radius 3 is 2.42 bits per heavy atom. The topological polar surface area (TPSA) is 13.1 Å². The average molecular weight is 325 g/mol. The van der Waals surface area contributed by atoms with Gasteiger partial charge in [0.25, 0.3) is 0 Å². The van der Waals surface area contributed by atoms with E-state index < -0.39 is 0 Å². The smallest absolute Gasteiger partial charge is 0.112 e. The quantitative estimate of drug-likeness (QED) is 0.458. The van der Waals surface area contributed by atoms with Gasteiger partial charge in [0.05, 0.1) is 0 Å². The summed E-state index contributed by atoms with van der Waals surface area (Å²) in [6, 6.07) is 13.1. The number of furan rings is 1. The van der Waals surface area contributed by atoms with E-state index in [0.29, 0.717) is 5.92 Å². The van der Waals surface area contributed by atoms with E-state index in [-0.39, 0.29) is 0 Å². The lowest BCUT2D eigenvalue weighted by atomic mass is 9.87. The number of unbranched alkanes of at least 4 members (excludes halogenated alkanes) is 4. The number of hydrogen-bond acceptors (Lipinski definition) is 1. The highest BCUT2D eigenvalue weighted by Gasteiger charge is 2.21. The van der Waals surface area contributed by atoms with Crippen LogP contribution in [0.15, 0.2) is 40.8 Å². The van der Waals surface area contributed by atoms with Gasteiger partial charge in [-0.15, -0.1) is 0 Å². The molecule has 1 aliphatic rings. The van der Waals surface area contributed by atoms with E-state index in [2.05, 4.69) is 43.3 Å². The molecule has 0 bridgehead atoms. The predicted molar refractivity (Wildman–Crippen MR) is 102 cm³/mol. The Morgan fingerprint density at radius 2 is 1.67 bits per heavy atom. The van der Waals surface area contributed by atoms with Gasteiger partial charge in [-0.2, -0.15) is 0 Å². The van der Waals surface area contributed by atoms with Crippen LogP contribution in [0.2, 0.25) is 0 Å². The van der Waals surface area contributed by atoms with Crippen molar-refractivity contribution in [1.29, 1.82) is 0 Å². The predicted octanol–water partition coefficient (Wildman–Crippen LogP) is 7.51. The molecule has 0 unspecified atom stereocenters. The average Bonchev–Trinajstić information content (AvgIpc) is 3.07.